The Kier molecular flexibility index (Phi) is 9.63. The quantitative estimate of drug-likeness (QED) is 0.305. The van der Waals surface area contributed by atoms with Crippen molar-refractivity contribution in [2.75, 3.05) is 27.9 Å². The van der Waals surface area contributed by atoms with E-state index >= 15 is 0 Å². The molecule has 2 aromatic carbocycles. The highest BCUT2D eigenvalue weighted by molar-refractivity contribution is 6.04. The van der Waals surface area contributed by atoms with Crippen molar-refractivity contribution in [2.45, 2.75) is 83.2 Å². The Morgan fingerprint density at radius 2 is 1.51 bits per heavy atom. The van der Waals surface area contributed by atoms with Crippen LogP contribution in [0.15, 0.2) is 58.9 Å². The number of ketones is 1. The van der Waals surface area contributed by atoms with E-state index in [-0.39, 0.29) is 23.8 Å². The molecular weight excluding hydrogens is 546 g/mol. The molecule has 5 rings (SSSR count). The molecule has 2 atom stereocenters. The van der Waals surface area contributed by atoms with Crippen LogP contribution in [0.3, 0.4) is 0 Å². The minimum absolute atomic E-state index is 0.000669. The molecule has 0 spiro atoms. The van der Waals surface area contributed by atoms with Crippen LogP contribution < -0.4 is 24.3 Å². The first-order valence-corrected chi connectivity index (χ1v) is 15.4. The maximum absolute atomic E-state index is 14.1. The van der Waals surface area contributed by atoms with Gasteiger partial charge in [-0.05, 0) is 86.8 Å². The largest absolute Gasteiger partial charge is 0.493 e. The molecule has 2 unspecified atom stereocenters. The Morgan fingerprint density at radius 3 is 2.21 bits per heavy atom. The summed E-state index contributed by atoms with van der Waals surface area (Å²) in [4.78, 5) is 28.0. The van der Waals surface area contributed by atoms with Crippen molar-refractivity contribution in [3.63, 3.8) is 0 Å². The minimum Gasteiger partial charge on any atom is -0.493 e. The standard InChI is InChI=1S/C35H43NO7/c1-6-16-42-29-15-13-23(20-31(29)41-5)33-32(35(38)43-25-10-8-7-9-11-25)21(2)36-26-17-24(18-27(37)34(26)33)22-12-14-28(39-3)30(19-22)40-4/h12-15,19-20,24-25,33,36H,6-11,16-18H2,1-5H3. The monoisotopic (exact) mass is 589 g/mol. The van der Waals surface area contributed by atoms with Crippen LogP contribution in [0.5, 0.6) is 23.0 Å². The van der Waals surface area contributed by atoms with Crippen molar-refractivity contribution in [1.29, 1.82) is 0 Å². The molecule has 1 aliphatic heterocycles. The third kappa shape index (κ3) is 6.38. The Labute approximate surface area is 254 Å². The smallest absolute Gasteiger partial charge is 0.337 e. The van der Waals surface area contributed by atoms with Gasteiger partial charge in [0.25, 0.3) is 0 Å². The number of ether oxygens (including phenoxy) is 5. The SMILES string of the molecule is CCCOc1ccc(C2C(C(=O)OC3CCCCC3)=C(C)NC3=C2C(=O)CC(c2ccc(OC)c(OC)c2)C3)cc1OC. The van der Waals surface area contributed by atoms with Crippen LogP contribution in [-0.2, 0) is 14.3 Å². The number of carbonyl (C=O) groups excluding carboxylic acids is 2. The second-order valence-corrected chi connectivity index (χ2v) is 11.6. The summed E-state index contributed by atoms with van der Waals surface area (Å²) in [7, 11) is 4.81. The lowest BCUT2D eigenvalue weighted by molar-refractivity contribution is -0.146. The highest BCUT2D eigenvalue weighted by atomic mass is 16.5. The lowest BCUT2D eigenvalue weighted by Gasteiger charge is -2.37. The fraction of sp³-hybridized carbons (Fsp3) is 0.486. The summed E-state index contributed by atoms with van der Waals surface area (Å²) in [5.41, 5.74) is 4.42. The molecular formula is C35H43NO7. The van der Waals surface area contributed by atoms with Crippen LogP contribution in [0, 0.1) is 0 Å². The van der Waals surface area contributed by atoms with Crippen LogP contribution in [0.2, 0.25) is 0 Å². The number of dihydropyridines is 1. The molecule has 0 aromatic heterocycles. The molecule has 0 amide bonds. The predicted molar refractivity (Wildman–Crippen MR) is 164 cm³/mol. The molecule has 0 saturated heterocycles. The van der Waals surface area contributed by atoms with Crippen molar-refractivity contribution in [3.05, 3.63) is 70.1 Å². The molecule has 2 aromatic rings. The zero-order valence-electron chi connectivity index (χ0n) is 25.9. The normalized spacial score (nSPS) is 20.7. The van der Waals surface area contributed by atoms with Crippen molar-refractivity contribution in [3.8, 4) is 23.0 Å². The number of benzene rings is 2. The van der Waals surface area contributed by atoms with Crippen LogP contribution in [0.4, 0.5) is 0 Å². The zero-order valence-corrected chi connectivity index (χ0v) is 25.9. The first kappa shape index (κ1) is 30.5. The average molecular weight is 590 g/mol. The van der Waals surface area contributed by atoms with Gasteiger partial charge >= 0.3 is 5.97 Å². The van der Waals surface area contributed by atoms with E-state index in [1.165, 1.54) is 0 Å². The van der Waals surface area contributed by atoms with Crippen molar-refractivity contribution >= 4 is 11.8 Å². The molecule has 8 nitrogen and oxygen atoms in total. The number of carbonyl (C=O) groups is 2. The number of methoxy groups -OCH3 is 3. The van der Waals surface area contributed by atoms with Gasteiger partial charge in [0.1, 0.15) is 6.10 Å². The summed E-state index contributed by atoms with van der Waals surface area (Å²) in [5.74, 6) is 1.46. The molecule has 1 saturated carbocycles. The van der Waals surface area contributed by atoms with Gasteiger partial charge in [0, 0.05) is 29.3 Å². The molecule has 1 heterocycles. The molecule has 1 fully saturated rings. The molecule has 230 valence electrons. The Balaban J connectivity index is 1.54. The minimum atomic E-state index is -0.583. The molecule has 1 N–H and O–H groups in total. The van der Waals surface area contributed by atoms with Gasteiger partial charge in [-0.2, -0.15) is 0 Å². The van der Waals surface area contributed by atoms with E-state index in [1.54, 1.807) is 21.3 Å². The lowest BCUT2D eigenvalue weighted by atomic mass is 9.71. The first-order valence-electron chi connectivity index (χ1n) is 15.4. The third-order valence-corrected chi connectivity index (χ3v) is 8.74. The van der Waals surface area contributed by atoms with Crippen molar-refractivity contribution < 1.29 is 33.3 Å². The van der Waals surface area contributed by atoms with Crippen molar-refractivity contribution in [1.82, 2.24) is 5.32 Å². The zero-order chi connectivity index (χ0) is 30.5. The van der Waals surface area contributed by atoms with Gasteiger partial charge < -0.3 is 29.0 Å². The molecule has 3 aliphatic rings. The summed E-state index contributed by atoms with van der Waals surface area (Å²) in [5, 5.41) is 3.46. The van der Waals surface area contributed by atoms with Gasteiger partial charge in [-0.1, -0.05) is 25.5 Å². The van der Waals surface area contributed by atoms with Gasteiger partial charge in [0.2, 0.25) is 0 Å². The number of rotatable bonds is 10. The third-order valence-electron chi connectivity index (χ3n) is 8.74. The first-order chi connectivity index (χ1) is 20.9. The number of hydrogen-bond donors (Lipinski definition) is 1. The van der Waals surface area contributed by atoms with Crippen molar-refractivity contribution in [2.24, 2.45) is 0 Å². The maximum atomic E-state index is 14.1. The fourth-order valence-electron chi connectivity index (χ4n) is 6.58. The summed E-state index contributed by atoms with van der Waals surface area (Å²) < 4.78 is 28.6. The molecule has 0 radical (unpaired) electrons. The Hall–Kier alpha value is -3.94. The van der Waals surface area contributed by atoms with E-state index in [2.05, 4.69) is 5.32 Å². The predicted octanol–water partition coefficient (Wildman–Crippen LogP) is 6.74. The molecule has 8 heteroatoms. The Morgan fingerprint density at radius 1 is 0.860 bits per heavy atom. The number of Topliss-reactive ketones (excluding diaryl/α,β-unsaturated/α-hetero) is 1. The summed E-state index contributed by atoms with van der Waals surface area (Å²) in [6.45, 7) is 4.51. The van der Waals surface area contributed by atoms with Crippen LogP contribution in [-0.4, -0.2) is 45.8 Å². The summed E-state index contributed by atoms with van der Waals surface area (Å²) in [6.07, 6.45) is 6.70. The highest BCUT2D eigenvalue weighted by Gasteiger charge is 2.42. The lowest BCUT2D eigenvalue weighted by Crippen LogP contribution is -2.37. The van der Waals surface area contributed by atoms with E-state index in [9.17, 15) is 9.59 Å². The fourth-order valence-corrected chi connectivity index (χ4v) is 6.58. The number of hydrogen-bond acceptors (Lipinski definition) is 8. The van der Waals surface area contributed by atoms with E-state index in [0.717, 1.165) is 55.3 Å². The van der Waals surface area contributed by atoms with E-state index in [1.807, 2.05) is 50.2 Å². The van der Waals surface area contributed by atoms with E-state index in [0.29, 0.717) is 59.3 Å². The van der Waals surface area contributed by atoms with Gasteiger partial charge in [-0.25, -0.2) is 4.79 Å². The molecule has 2 aliphatic carbocycles. The second kappa shape index (κ2) is 13.6. The average Bonchev–Trinajstić information content (AvgIpc) is 3.02. The number of allylic oxidation sites excluding steroid dienone is 3. The highest BCUT2D eigenvalue weighted by Crippen LogP contribution is 2.48. The number of esters is 1. The van der Waals surface area contributed by atoms with Gasteiger partial charge in [-0.15, -0.1) is 0 Å². The van der Waals surface area contributed by atoms with Crippen LogP contribution >= 0.6 is 0 Å². The van der Waals surface area contributed by atoms with E-state index in [4.69, 9.17) is 23.7 Å². The maximum Gasteiger partial charge on any atom is 0.337 e. The van der Waals surface area contributed by atoms with E-state index < -0.39 is 5.92 Å². The Bertz CT molecular complexity index is 1420. The molecule has 43 heavy (non-hydrogen) atoms. The van der Waals surface area contributed by atoms with Crippen LogP contribution in [0.25, 0.3) is 0 Å². The number of nitrogens with one attached hydrogen (secondary N) is 1. The van der Waals surface area contributed by atoms with Gasteiger partial charge in [-0.3, -0.25) is 4.79 Å². The topological polar surface area (TPSA) is 92.3 Å². The van der Waals surface area contributed by atoms with Crippen LogP contribution in [0.1, 0.15) is 88.2 Å². The van der Waals surface area contributed by atoms with Gasteiger partial charge in [0.05, 0.1) is 33.5 Å². The summed E-state index contributed by atoms with van der Waals surface area (Å²) in [6, 6.07) is 11.5. The van der Waals surface area contributed by atoms with Gasteiger partial charge in [0.15, 0.2) is 28.8 Å². The molecule has 0 bridgehead atoms. The summed E-state index contributed by atoms with van der Waals surface area (Å²) >= 11 is 0. The second-order valence-electron chi connectivity index (χ2n) is 11.6.